The molecular weight excluding hydrogens is 260 g/mol. The summed E-state index contributed by atoms with van der Waals surface area (Å²) in [5.41, 5.74) is 0.548. The summed E-state index contributed by atoms with van der Waals surface area (Å²) in [5, 5.41) is 11.7. The third-order valence-corrected chi connectivity index (χ3v) is 2.80. The number of ether oxygens (including phenoxy) is 1. The van der Waals surface area contributed by atoms with Crippen molar-refractivity contribution in [1.82, 2.24) is 5.32 Å². The van der Waals surface area contributed by atoms with Crippen molar-refractivity contribution in [2.75, 3.05) is 18.0 Å². The van der Waals surface area contributed by atoms with E-state index in [0.717, 1.165) is 0 Å². The van der Waals surface area contributed by atoms with Crippen molar-refractivity contribution in [3.8, 4) is 17.6 Å². The average molecular weight is 274 g/mol. The van der Waals surface area contributed by atoms with Crippen LogP contribution in [-0.4, -0.2) is 36.3 Å². The fourth-order valence-corrected chi connectivity index (χ4v) is 1.86. The van der Waals surface area contributed by atoms with Crippen LogP contribution in [0.1, 0.15) is 6.92 Å². The maximum Gasteiger partial charge on any atom is 0.346 e. The van der Waals surface area contributed by atoms with Crippen molar-refractivity contribution in [3.05, 3.63) is 24.3 Å². The third kappa shape index (κ3) is 2.83. The number of carbonyl (C=O) groups is 2. The number of hydrogen-bond acceptors (Lipinski definition) is 3. The van der Waals surface area contributed by atoms with Crippen molar-refractivity contribution in [2.24, 2.45) is 0 Å². The lowest BCUT2D eigenvalue weighted by atomic mass is 10.2. The van der Waals surface area contributed by atoms with Crippen molar-refractivity contribution in [1.29, 1.82) is 0 Å². The number of para-hydroxylation sites is 2. The molecule has 6 nitrogen and oxygen atoms in total. The van der Waals surface area contributed by atoms with Gasteiger partial charge in [0.05, 0.1) is 18.8 Å². The summed E-state index contributed by atoms with van der Waals surface area (Å²) in [6.45, 7) is 1.85. The SMILES string of the molecule is CC#CCNC(=O)N1CC(C(=O)O)Oc2ccccc21. The molecule has 1 aromatic carbocycles. The van der Waals surface area contributed by atoms with Gasteiger partial charge in [-0.2, -0.15) is 0 Å². The van der Waals surface area contributed by atoms with Gasteiger partial charge in [-0.15, -0.1) is 5.92 Å². The largest absolute Gasteiger partial charge is 0.478 e. The Labute approximate surface area is 116 Å². The minimum Gasteiger partial charge on any atom is -0.478 e. The molecule has 0 bridgehead atoms. The van der Waals surface area contributed by atoms with Crippen molar-refractivity contribution < 1.29 is 19.4 Å². The Morgan fingerprint density at radius 2 is 2.25 bits per heavy atom. The normalized spacial score (nSPS) is 16.2. The van der Waals surface area contributed by atoms with Crippen LogP contribution < -0.4 is 15.0 Å². The quantitative estimate of drug-likeness (QED) is 0.791. The molecule has 1 aliphatic rings. The lowest BCUT2D eigenvalue weighted by Gasteiger charge is -2.32. The highest BCUT2D eigenvalue weighted by molar-refractivity contribution is 5.95. The first-order valence-corrected chi connectivity index (χ1v) is 6.07. The molecule has 0 fully saturated rings. The number of anilines is 1. The molecule has 1 aliphatic heterocycles. The van der Waals surface area contributed by atoms with E-state index in [1.165, 1.54) is 4.90 Å². The number of carboxylic acid groups (broad SMARTS) is 1. The zero-order valence-corrected chi connectivity index (χ0v) is 10.9. The molecule has 0 aromatic heterocycles. The zero-order chi connectivity index (χ0) is 14.5. The minimum absolute atomic E-state index is 0.0439. The van der Waals surface area contributed by atoms with Gasteiger partial charge in [-0.3, -0.25) is 4.90 Å². The lowest BCUT2D eigenvalue weighted by molar-refractivity contribution is -0.144. The number of nitrogens with one attached hydrogen (secondary N) is 1. The Morgan fingerprint density at radius 3 is 2.95 bits per heavy atom. The van der Waals surface area contributed by atoms with Crippen LogP contribution in [0.15, 0.2) is 24.3 Å². The smallest absolute Gasteiger partial charge is 0.346 e. The zero-order valence-electron chi connectivity index (χ0n) is 10.9. The van der Waals surface area contributed by atoms with Crippen LogP contribution in [0.5, 0.6) is 5.75 Å². The van der Waals surface area contributed by atoms with Crippen LogP contribution >= 0.6 is 0 Å². The van der Waals surface area contributed by atoms with Gasteiger partial charge in [0.25, 0.3) is 0 Å². The van der Waals surface area contributed by atoms with Crippen LogP contribution in [0.3, 0.4) is 0 Å². The van der Waals surface area contributed by atoms with Gasteiger partial charge in [0, 0.05) is 0 Å². The van der Waals surface area contributed by atoms with Gasteiger partial charge in [-0.25, -0.2) is 9.59 Å². The predicted octanol–water partition coefficient (Wildman–Crippen LogP) is 1.07. The minimum atomic E-state index is -1.11. The Kier molecular flexibility index (Phi) is 4.11. The van der Waals surface area contributed by atoms with Gasteiger partial charge in [-0.05, 0) is 19.1 Å². The summed E-state index contributed by atoms with van der Waals surface area (Å²) < 4.78 is 5.35. The number of benzene rings is 1. The summed E-state index contributed by atoms with van der Waals surface area (Å²) in [4.78, 5) is 24.5. The van der Waals surface area contributed by atoms with Crippen LogP contribution in [0.2, 0.25) is 0 Å². The molecule has 0 saturated heterocycles. The number of urea groups is 1. The van der Waals surface area contributed by atoms with Gasteiger partial charge in [0.2, 0.25) is 6.10 Å². The van der Waals surface area contributed by atoms with E-state index in [1.54, 1.807) is 31.2 Å². The fraction of sp³-hybridized carbons (Fsp3) is 0.286. The number of rotatable bonds is 2. The Balaban J connectivity index is 2.23. The topological polar surface area (TPSA) is 78.9 Å². The summed E-state index contributed by atoms with van der Waals surface area (Å²) in [6, 6.07) is 6.43. The van der Waals surface area contributed by atoms with Crippen LogP contribution in [0.4, 0.5) is 10.5 Å². The molecule has 104 valence electrons. The first-order chi connectivity index (χ1) is 9.63. The number of carboxylic acids is 1. The number of fused-ring (bicyclic) bond motifs is 1. The first kappa shape index (κ1) is 13.7. The van der Waals surface area contributed by atoms with E-state index in [0.29, 0.717) is 11.4 Å². The molecule has 0 aliphatic carbocycles. The molecule has 1 heterocycles. The number of nitrogens with zero attached hydrogens (tertiary/aromatic N) is 1. The maximum absolute atomic E-state index is 12.1. The van der Waals surface area contributed by atoms with Crippen molar-refractivity contribution in [2.45, 2.75) is 13.0 Å². The predicted molar refractivity (Wildman–Crippen MR) is 72.7 cm³/mol. The maximum atomic E-state index is 12.1. The summed E-state index contributed by atoms with van der Waals surface area (Å²) in [5.74, 6) is 4.66. The van der Waals surface area contributed by atoms with E-state index < -0.39 is 18.1 Å². The average Bonchev–Trinajstić information content (AvgIpc) is 2.46. The number of aliphatic carboxylic acids is 1. The highest BCUT2D eigenvalue weighted by atomic mass is 16.5. The summed E-state index contributed by atoms with van der Waals surface area (Å²) >= 11 is 0. The van der Waals surface area contributed by atoms with Crippen LogP contribution in [0.25, 0.3) is 0 Å². The number of hydrogen-bond donors (Lipinski definition) is 2. The molecule has 2 N–H and O–H groups in total. The molecule has 1 atom stereocenters. The van der Waals surface area contributed by atoms with Crippen LogP contribution in [-0.2, 0) is 4.79 Å². The highest BCUT2D eigenvalue weighted by Crippen LogP contribution is 2.33. The Bertz CT molecular complexity index is 588. The molecule has 0 spiro atoms. The molecular formula is C14H14N2O4. The molecule has 1 aromatic rings. The molecule has 0 radical (unpaired) electrons. The fourth-order valence-electron chi connectivity index (χ4n) is 1.86. The van der Waals surface area contributed by atoms with E-state index in [4.69, 9.17) is 9.84 Å². The summed E-state index contributed by atoms with van der Waals surface area (Å²) in [7, 11) is 0. The van der Waals surface area contributed by atoms with E-state index in [1.807, 2.05) is 0 Å². The van der Waals surface area contributed by atoms with Gasteiger partial charge in [-0.1, -0.05) is 18.1 Å². The van der Waals surface area contributed by atoms with Gasteiger partial charge < -0.3 is 15.2 Å². The van der Waals surface area contributed by atoms with E-state index >= 15 is 0 Å². The number of amides is 2. The van der Waals surface area contributed by atoms with E-state index in [-0.39, 0.29) is 13.1 Å². The Morgan fingerprint density at radius 1 is 1.50 bits per heavy atom. The van der Waals surface area contributed by atoms with E-state index in [2.05, 4.69) is 17.2 Å². The van der Waals surface area contributed by atoms with Crippen LogP contribution in [0, 0.1) is 11.8 Å². The highest BCUT2D eigenvalue weighted by Gasteiger charge is 2.33. The monoisotopic (exact) mass is 274 g/mol. The van der Waals surface area contributed by atoms with Gasteiger partial charge >= 0.3 is 12.0 Å². The van der Waals surface area contributed by atoms with Gasteiger partial charge in [0.15, 0.2) is 0 Å². The second-order valence-electron chi connectivity index (χ2n) is 4.11. The first-order valence-electron chi connectivity index (χ1n) is 6.07. The van der Waals surface area contributed by atoms with Crippen molar-refractivity contribution >= 4 is 17.7 Å². The number of carbonyl (C=O) groups excluding carboxylic acids is 1. The van der Waals surface area contributed by atoms with Gasteiger partial charge in [0.1, 0.15) is 5.75 Å². The lowest BCUT2D eigenvalue weighted by Crippen LogP contribution is -2.50. The second-order valence-corrected chi connectivity index (χ2v) is 4.11. The molecule has 1 unspecified atom stereocenters. The standard InChI is InChI=1S/C14H14N2O4/c1-2-3-8-15-14(19)16-9-12(13(17)18)20-11-7-5-4-6-10(11)16/h4-7,12H,8-9H2,1H3,(H,15,19)(H,17,18). The summed E-state index contributed by atoms with van der Waals surface area (Å²) in [6.07, 6.45) is -1.08. The second kappa shape index (κ2) is 5.97. The third-order valence-electron chi connectivity index (χ3n) is 2.80. The molecule has 0 saturated carbocycles. The molecule has 6 heteroatoms. The Hall–Kier alpha value is -2.68. The van der Waals surface area contributed by atoms with E-state index in [9.17, 15) is 9.59 Å². The molecule has 2 rings (SSSR count). The molecule has 2 amide bonds. The van der Waals surface area contributed by atoms with Crippen molar-refractivity contribution in [3.63, 3.8) is 0 Å². The molecule has 20 heavy (non-hydrogen) atoms.